The standard InChI is InChI=1S/C34H51N13O11/c1-4-20(47(3)14-17-8-6-5-7-9-17)21-11-10-18(40-44-36)32(53-21)56-29-16(2)12-19(41-45-37)25(49)31(29)58-34-28(52)30(23(15-48)55-34)57-33-24(42-46-38)27(51)26(50)22(54-33)13-39-43-35/h5-9,16,18-34,48-52H,4,10-15H2,1-3H3. The van der Waals surface area contributed by atoms with Crippen LogP contribution >= 0.6 is 0 Å². The molecule has 3 aliphatic heterocycles. The van der Waals surface area contributed by atoms with Crippen molar-refractivity contribution in [3.05, 3.63) is 77.7 Å². The van der Waals surface area contributed by atoms with Gasteiger partial charge in [0.25, 0.3) is 0 Å². The number of likely N-dealkylation sites (N-methyl/N-ethyl adjacent to an activating group) is 1. The molecule has 5 rings (SSSR count). The van der Waals surface area contributed by atoms with Crippen LogP contribution in [-0.4, -0.2) is 155 Å². The second-order valence-electron chi connectivity index (χ2n) is 14.9. The average Bonchev–Trinajstić information content (AvgIpc) is 3.51. The molecule has 318 valence electrons. The fraction of sp³-hybridized carbons (Fsp3) is 0.824. The van der Waals surface area contributed by atoms with Crippen LogP contribution in [0, 0.1) is 5.92 Å². The van der Waals surface area contributed by atoms with E-state index in [0.717, 1.165) is 12.0 Å². The number of nitrogens with zero attached hydrogens (tertiary/aromatic N) is 13. The second-order valence-corrected chi connectivity index (χ2v) is 14.9. The minimum Gasteiger partial charge on any atom is -0.394 e. The van der Waals surface area contributed by atoms with Gasteiger partial charge in [-0.05, 0) is 66.3 Å². The summed E-state index contributed by atoms with van der Waals surface area (Å²) in [5.74, 6) is -0.470. The quantitative estimate of drug-likeness (QED) is 0.0861. The lowest BCUT2D eigenvalue weighted by Crippen LogP contribution is -2.60. The molecule has 1 aliphatic carbocycles. The van der Waals surface area contributed by atoms with Crippen molar-refractivity contribution in [2.75, 3.05) is 20.2 Å². The zero-order valence-electron chi connectivity index (χ0n) is 32.2. The maximum Gasteiger partial charge on any atom is 0.187 e. The van der Waals surface area contributed by atoms with E-state index in [-0.39, 0.29) is 18.6 Å². The van der Waals surface area contributed by atoms with E-state index >= 15 is 0 Å². The summed E-state index contributed by atoms with van der Waals surface area (Å²) in [5.41, 5.74) is 37.8. The second kappa shape index (κ2) is 21.3. The SMILES string of the molecule is CCC(C1CCC(N=[N+]=[N-])C(OC2C(C)CC(N=[N+]=[N-])C(O)C2OC2OC(CO)C(OC3OC(CN=[N+]=[N-])C(O)C(O)C3N=[N+]=[N-])C2O)O1)N(C)Cc1ccccc1. The Morgan fingerprint density at radius 2 is 1.41 bits per heavy atom. The van der Waals surface area contributed by atoms with Crippen LogP contribution in [0.15, 0.2) is 50.8 Å². The summed E-state index contributed by atoms with van der Waals surface area (Å²) in [6.45, 7) is 3.33. The summed E-state index contributed by atoms with van der Waals surface area (Å²) >= 11 is 0. The lowest BCUT2D eigenvalue weighted by molar-refractivity contribution is -0.297. The van der Waals surface area contributed by atoms with Crippen LogP contribution in [0.4, 0.5) is 0 Å². The van der Waals surface area contributed by atoms with Gasteiger partial charge in [-0.2, -0.15) is 0 Å². The number of hydrogen-bond donors (Lipinski definition) is 5. The molecule has 1 saturated carbocycles. The highest BCUT2D eigenvalue weighted by Gasteiger charge is 2.54. The van der Waals surface area contributed by atoms with Gasteiger partial charge in [-0.1, -0.05) is 64.6 Å². The van der Waals surface area contributed by atoms with E-state index in [0.29, 0.717) is 19.4 Å². The molecule has 1 aromatic rings. The molecule has 58 heavy (non-hydrogen) atoms. The molecule has 5 N–H and O–H groups in total. The van der Waals surface area contributed by atoms with Gasteiger partial charge in [0.2, 0.25) is 0 Å². The van der Waals surface area contributed by atoms with Crippen molar-refractivity contribution in [1.82, 2.24) is 4.90 Å². The van der Waals surface area contributed by atoms with Gasteiger partial charge in [0.05, 0.1) is 55.8 Å². The maximum atomic E-state index is 11.6. The highest BCUT2D eigenvalue weighted by Crippen LogP contribution is 2.39. The Balaban J connectivity index is 1.37. The van der Waals surface area contributed by atoms with Gasteiger partial charge in [0, 0.05) is 32.2 Å². The van der Waals surface area contributed by atoms with E-state index in [1.165, 1.54) is 0 Å². The van der Waals surface area contributed by atoms with Gasteiger partial charge in [0.1, 0.15) is 36.6 Å². The Hall–Kier alpha value is -4.02. The number of ether oxygens (including phenoxy) is 6. The Kier molecular flexibility index (Phi) is 16.6. The minimum absolute atomic E-state index is 0.0474. The van der Waals surface area contributed by atoms with Crippen LogP contribution in [0.3, 0.4) is 0 Å². The van der Waals surface area contributed by atoms with Crippen LogP contribution < -0.4 is 0 Å². The maximum absolute atomic E-state index is 11.6. The number of aliphatic hydroxyl groups is 5. The highest BCUT2D eigenvalue weighted by molar-refractivity contribution is 5.14. The molecule has 3 heterocycles. The van der Waals surface area contributed by atoms with Crippen LogP contribution in [0.1, 0.15) is 45.1 Å². The van der Waals surface area contributed by atoms with Crippen molar-refractivity contribution in [3.63, 3.8) is 0 Å². The summed E-state index contributed by atoms with van der Waals surface area (Å²) < 4.78 is 37.0. The number of hydrogen-bond acceptors (Lipinski definition) is 16. The third-order valence-electron chi connectivity index (χ3n) is 11.2. The van der Waals surface area contributed by atoms with Gasteiger partial charge < -0.3 is 54.0 Å². The van der Waals surface area contributed by atoms with Crippen LogP contribution in [0.5, 0.6) is 0 Å². The Bertz CT molecular complexity index is 1680. The van der Waals surface area contributed by atoms with Gasteiger partial charge in [-0.3, -0.25) is 4.90 Å². The fourth-order valence-electron chi connectivity index (χ4n) is 8.25. The van der Waals surface area contributed by atoms with E-state index < -0.39 is 111 Å². The molecule has 0 radical (unpaired) electrons. The molecule has 0 spiro atoms. The molecule has 18 atom stereocenters. The Labute approximate surface area is 333 Å². The predicted molar refractivity (Wildman–Crippen MR) is 200 cm³/mol. The number of aliphatic hydroxyl groups excluding tert-OH is 5. The molecule has 4 aliphatic rings. The first-order valence-electron chi connectivity index (χ1n) is 19.1. The topological polar surface area (TPSA) is 355 Å². The normalized spacial score (nSPS) is 39.4. The summed E-state index contributed by atoms with van der Waals surface area (Å²) in [5, 5.41) is 69.3. The van der Waals surface area contributed by atoms with E-state index in [9.17, 15) is 36.6 Å². The molecule has 0 aromatic heterocycles. The lowest BCUT2D eigenvalue weighted by Gasteiger charge is -2.47. The van der Waals surface area contributed by atoms with E-state index in [2.05, 4.69) is 51.9 Å². The molecule has 24 nitrogen and oxygen atoms in total. The van der Waals surface area contributed by atoms with Crippen LogP contribution in [0.25, 0.3) is 41.8 Å². The molecule has 0 amide bonds. The molecular weight excluding hydrogens is 766 g/mol. The third kappa shape index (κ3) is 10.4. The zero-order chi connectivity index (χ0) is 41.9. The van der Waals surface area contributed by atoms with E-state index in [1.54, 1.807) is 6.92 Å². The van der Waals surface area contributed by atoms with Crippen molar-refractivity contribution < 1.29 is 54.0 Å². The average molecular weight is 818 g/mol. The van der Waals surface area contributed by atoms with Crippen molar-refractivity contribution in [2.45, 2.75) is 150 Å². The van der Waals surface area contributed by atoms with Gasteiger partial charge in [-0.25, -0.2) is 0 Å². The summed E-state index contributed by atoms with van der Waals surface area (Å²) in [7, 11) is 2.01. The predicted octanol–water partition coefficient (Wildman–Crippen LogP) is 2.83. The Morgan fingerprint density at radius 1 is 0.759 bits per heavy atom. The first-order valence-corrected chi connectivity index (χ1v) is 19.1. The summed E-state index contributed by atoms with van der Waals surface area (Å²) in [6.07, 6.45) is -15.9. The largest absolute Gasteiger partial charge is 0.394 e. The fourth-order valence-corrected chi connectivity index (χ4v) is 8.25. The van der Waals surface area contributed by atoms with Crippen molar-refractivity contribution in [2.24, 2.45) is 26.4 Å². The first kappa shape index (κ1) is 45.1. The third-order valence-corrected chi connectivity index (χ3v) is 11.2. The molecule has 18 unspecified atom stereocenters. The highest BCUT2D eigenvalue weighted by atomic mass is 16.8. The molecule has 1 aromatic carbocycles. The minimum atomic E-state index is -1.74. The molecule has 0 bridgehead atoms. The van der Waals surface area contributed by atoms with Crippen molar-refractivity contribution >= 4 is 0 Å². The molecule has 4 fully saturated rings. The summed E-state index contributed by atoms with van der Waals surface area (Å²) in [4.78, 5) is 13.4. The van der Waals surface area contributed by atoms with Crippen LogP contribution in [0.2, 0.25) is 0 Å². The molecule has 24 heteroatoms. The van der Waals surface area contributed by atoms with Gasteiger partial charge >= 0.3 is 0 Å². The zero-order valence-corrected chi connectivity index (χ0v) is 32.2. The van der Waals surface area contributed by atoms with Crippen molar-refractivity contribution in [1.29, 1.82) is 0 Å². The smallest absolute Gasteiger partial charge is 0.187 e. The monoisotopic (exact) mass is 817 g/mol. The molecule has 3 saturated heterocycles. The van der Waals surface area contributed by atoms with Gasteiger partial charge in [-0.15, -0.1) is 0 Å². The number of benzene rings is 1. The van der Waals surface area contributed by atoms with Gasteiger partial charge in [0.15, 0.2) is 18.9 Å². The van der Waals surface area contributed by atoms with E-state index in [1.807, 2.05) is 37.4 Å². The Morgan fingerprint density at radius 3 is 2.07 bits per heavy atom. The lowest BCUT2D eigenvalue weighted by atomic mass is 9.80. The van der Waals surface area contributed by atoms with Crippen molar-refractivity contribution in [3.8, 4) is 0 Å². The molecular formula is C34H51N13O11. The van der Waals surface area contributed by atoms with Crippen LogP contribution in [-0.2, 0) is 35.0 Å². The first-order chi connectivity index (χ1) is 28.0. The van der Waals surface area contributed by atoms with E-state index in [4.69, 9.17) is 39.5 Å². The summed E-state index contributed by atoms with van der Waals surface area (Å²) in [6, 6.07) is 6.64. The number of azide groups is 4. The number of rotatable bonds is 17.